The fourth-order valence-electron chi connectivity index (χ4n) is 5.55. The fraction of sp³-hybridized carbons (Fsp3) is 0.0698. The number of hydrogen-bond donors (Lipinski definition) is 1. The minimum absolute atomic E-state index is 0. The number of rotatable bonds is 6. The van der Waals surface area contributed by atoms with Crippen molar-refractivity contribution in [2.24, 2.45) is 0 Å². The van der Waals surface area contributed by atoms with Crippen molar-refractivity contribution in [3.05, 3.63) is 175 Å². The summed E-state index contributed by atoms with van der Waals surface area (Å²) in [5.41, 5.74) is 6.72. The van der Waals surface area contributed by atoms with Gasteiger partial charge in [0.1, 0.15) is 5.76 Å². The number of ketones is 1. The van der Waals surface area contributed by atoms with Crippen LogP contribution in [0.15, 0.2) is 158 Å². The normalized spacial score (nSPS) is 11.4. The SMILES string of the molecule is C[Si](C)(C)c1ccc2nc(-c3[c-]ccc4ccccc34)cc(-c3ccccc3)c2c1.O=C(/C=C(\O)c1ccccc1)c1ccccc1.[Ir]. The Hall–Kier alpha value is -4.93. The van der Waals surface area contributed by atoms with Crippen molar-refractivity contribution < 1.29 is 30.0 Å². The molecule has 3 nitrogen and oxygen atoms in total. The van der Waals surface area contributed by atoms with Gasteiger partial charge in [-0.3, -0.25) is 9.78 Å². The van der Waals surface area contributed by atoms with Crippen LogP contribution in [-0.2, 0) is 20.1 Å². The molecule has 1 radical (unpaired) electrons. The topological polar surface area (TPSA) is 50.2 Å². The van der Waals surface area contributed by atoms with Gasteiger partial charge in [0.15, 0.2) is 5.78 Å². The van der Waals surface area contributed by atoms with Gasteiger partial charge in [-0.05, 0) is 22.9 Å². The van der Waals surface area contributed by atoms with Gasteiger partial charge in [-0.15, -0.1) is 29.1 Å². The van der Waals surface area contributed by atoms with E-state index in [0.29, 0.717) is 11.1 Å². The summed E-state index contributed by atoms with van der Waals surface area (Å²) < 4.78 is 0. The first-order chi connectivity index (χ1) is 22.8. The molecule has 1 aromatic heterocycles. The van der Waals surface area contributed by atoms with Gasteiger partial charge < -0.3 is 5.11 Å². The second-order valence-electron chi connectivity index (χ2n) is 12.5. The van der Waals surface area contributed by atoms with E-state index in [-0.39, 0.29) is 31.6 Å². The number of allylic oxidation sites excluding steroid dienone is 1. The van der Waals surface area contributed by atoms with E-state index in [1.165, 1.54) is 38.5 Å². The van der Waals surface area contributed by atoms with Crippen LogP contribution in [-0.4, -0.2) is 23.9 Å². The quantitative estimate of drug-likeness (QED) is 0.0598. The Morgan fingerprint density at radius 1 is 0.688 bits per heavy atom. The number of pyridine rings is 1. The smallest absolute Gasteiger partial charge is 0.189 e. The molecule has 48 heavy (non-hydrogen) atoms. The number of hydrogen-bond acceptors (Lipinski definition) is 3. The van der Waals surface area contributed by atoms with E-state index in [1.54, 1.807) is 36.4 Å². The van der Waals surface area contributed by atoms with Crippen LogP contribution >= 0.6 is 0 Å². The summed E-state index contributed by atoms with van der Waals surface area (Å²) in [6.45, 7) is 7.18. The second kappa shape index (κ2) is 15.3. The second-order valence-corrected chi connectivity index (χ2v) is 17.5. The molecule has 0 aliphatic carbocycles. The predicted molar refractivity (Wildman–Crippen MR) is 200 cm³/mol. The number of aliphatic hydroxyl groups is 1. The molecule has 0 aliphatic heterocycles. The molecule has 6 aromatic carbocycles. The Kier molecular flexibility index (Phi) is 11.0. The first-order valence-corrected chi connectivity index (χ1v) is 19.2. The Balaban J connectivity index is 0.000000214. The molecule has 1 heterocycles. The maximum atomic E-state index is 11.8. The van der Waals surface area contributed by atoms with Crippen molar-refractivity contribution in [3.8, 4) is 22.4 Å². The summed E-state index contributed by atoms with van der Waals surface area (Å²) in [5, 5.41) is 14.9. The third kappa shape index (κ3) is 7.95. The zero-order valence-corrected chi connectivity index (χ0v) is 30.5. The Morgan fingerprint density at radius 3 is 1.96 bits per heavy atom. The number of fused-ring (bicyclic) bond motifs is 2. The Bertz CT molecular complexity index is 2190. The molecule has 0 unspecified atom stereocenters. The number of benzene rings is 6. The van der Waals surface area contributed by atoms with Crippen LogP contribution in [0.4, 0.5) is 0 Å². The molecule has 0 amide bonds. The molecule has 1 N–H and O–H groups in total. The molecule has 7 rings (SSSR count). The predicted octanol–water partition coefficient (Wildman–Crippen LogP) is 10.5. The van der Waals surface area contributed by atoms with Crippen molar-refractivity contribution in [1.29, 1.82) is 0 Å². The minimum atomic E-state index is -1.42. The van der Waals surface area contributed by atoms with Gasteiger partial charge in [-0.2, -0.15) is 0 Å². The van der Waals surface area contributed by atoms with E-state index < -0.39 is 8.07 Å². The van der Waals surface area contributed by atoms with E-state index in [1.807, 2.05) is 30.3 Å². The number of nitrogens with zero attached hydrogens (tertiary/aromatic N) is 1. The maximum Gasteiger partial charge on any atom is 0.189 e. The summed E-state index contributed by atoms with van der Waals surface area (Å²) >= 11 is 0. The molecule has 0 fully saturated rings. The minimum Gasteiger partial charge on any atom is -0.507 e. The summed E-state index contributed by atoms with van der Waals surface area (Å²) in [6.07, 6.45) is 1.24. The van der Waals surface area contributed by atoms with Gasteiger partial charge in [-0.1, -0.05) is 164 Å². The Labute approximate surface area is 297 Å². The van der Waals surface area contributed by atoms with Gasteiger partial charge in [0.05, 0.1) is 13.6 Å². The number of carbonyl (C=O) groups is 1. The van der Waals surface area contributed by atoms with E-state index in [4.69, 9.17) is 4.98 Å². The molecule has 0 spiro atoms. The fourth-order valence-corrected chi connectivity index (χ4v) is 6.71. The maximum absolute atomic E-state index is 11.8. The van der Waals surface area contributed by atoms with Gasteiger partial charge >= 0.3 is 0 Å². The zero-order chi connectivity index (χ0) is 32.8. The third-order valence-corrected chi connectivity index (χ3v) is 10.2. The average Bonchev–Trinajstić information content (AvgIpc) is 3.11. The molecule has 0 bridgehead atoms. The van der Waals surface area contributed by atoms with E-state index >= 15 is 0 Å². The summed E-state index contributed by atoms with van der Waals surface area (Å²) in [5.74, 6) is -0.216. The number of aromatic nitrogens is 1. The van der Waals surface area contributed by atoms with Crippen molar-refractivity contribution in [3.63, 3.8) is 0 Å². The number of aliphatic hydroxyl groups excluding tert-OH is 1. The average molecular weight is 819 g/mol. The third-order valence-electron chi connectivity index (χ3n) is 8.13. The molecule has 0 saturated heterocycles. The van der Waals surface area contributed by atoms with Crippen LogP contribution in [0.3, 0.4) is 0 Å². The van der Waals surface area contributed by atoms with Crippen LogP contribution in [0, 0.1) is 6.07 Å². The molecule has 0 aliphatic rings. The van der Waals surface area contributed by atoms with Crippen LogP contribution in [0.5, 0.6) is 0 Å². The molecular weight excluding hydrogens is 783 g/mol. The Morgan fingerprint density at radius 2 is 1.29 bits per heavy atom. The van der Waals surface area contributed by atoms with Crippen LogP contribution in [0.25, 0.3) is 49.8 Å². The van der Waals surface area contributed by atoms with Gasteiger partial charge in [0.2, 0.25) is 0 Å². The van der Waals surface area contributed by atoms with Crippen LogP contribution in [0.2, 0.25) is 19.6 Å². The molecule has 5 heteroatoms. The monoisotopic (exact) mass is 819 g/mol. The van der Waals surface area contributed by atoms with Crippen molar-refractivity contribution in [2.45, 2.75) is 19.6 Å². The molecule has 7 aromatic rings. The van der Waals surface area contributed by atoms with Crippen molar-refractivity contribution in [1.82, 2.24) is 4.98 Å². The van der Waals surface area contributed by atoms with Gasteiger partial charge in [0, 0.05) is 42.7 Å². The first kappa shape index (κ1) is 34.4. The number of carbonyl (C=O) groups excluding carboxylic acids is 1. The largest absolute Gasteiger partial charge is 0.507 e. The van der Waals surface area contributed by atoms with Crippen LogP contribution < -0.4 is 5.19 Å². The van der Waals surface area contributed by atoms with E-state index in [2.05, 4.69) is 111 Å². The summed E-state index contributed by atoms with van der Waals surface area (Å²) in [6, 6.07) is 53.6. The van der Waals surface area contributed by atoms with E-state index in [0.717, 1.165) is 16.8 Å². The molecular formula is C43H36IrNO2Si-. The summed E-state index contributed by atoms with van der Waals surface area (Å²) in [4.78, 5) is 16.9. The zero-order valence-electron chi connectivity index (χ0n) is 27.1. The van der Waals surface area contributed by atoms with E-state index in [9.17, 15) is 9.90 Å². The van der Waals surface area contributed by atoms with Gasteiger partial charge in [-0.25, -0.2) is 0 Å². The molecule has 0 atom stereocenters. The van der Waals surface area contributed by atoms with Crippen LogP contribution in [0.1, 0.15) is 15.9 Å². The first-order valence-electron chi connectivity index (χ1n) is 15.7. The van der Waals surface area contributed by atoms with Gasteiger partial charge in [0.25, 0.3) is 0 Å². The van der Waals surface area contributed by atoms with Crippen molar-refractivity contribution in [2.75, 3.05) is 0 Å². The van der Waals surface area contributed by atoms with Crippen molar-refractivity contribution >= 4 is 46.5 Å². The standard InChI is InChI=1S/C28H24NSi.C15H12O2.Ir/c1-30(2,3)22-16-17-27-26(18-22)25(21-10-5-4-6-11-21)19-28(29-27)24-15-9-13-20-12-7-8-14-23(20)24;16-14(12-7-3-1-4-8-12)11-15(17)13-9-5-2-6-10-13;/h4-14,16-19H,1-3H3;1-11,16H;/q-1;;/b;14-11-;. The molecule has 0 saturated carbocycles. The summed E-state index contributed by atoms with van der Waals surface area (Å²) in [7, 11) is -1.42. The molecule has 239 valence electrons.